The van der Waals surface area contributed by atoms with E-state index in [1.165, 1.54) is 29.6 Å². The lowest BCUT2D eigenvalue weighted by molar-refractivity contribution is -0.135. The van der Waals surface area contributed by atoms with Crippen molar-refractivity contribution in [3.05, 3.63) is 56.0 Å². The smallest absolute Gasteiger partial charge is 0.332 e. The first-order valence-electron chi connectivity index (χ1n) is 8.10. The summed E-state index contributed by atoms with van der Waals surface area (Å²) in [6, 6.07) is 3.88. The van der Waals surface area contributed by atoms with Crippen LogP contribution in [0.25, 0.3) is 11.2 Å². The highest BCUT2D eigenvalue weighted by Crippen LogP contribution is 2.24. The van der Waals surface area contributed by atoms with Crippen molar-refractivity contribution in [2.45, 2.75) is 27.3 Å². The summed E-state index contributed by atoms with van der Waals surface area (Å²) in [5.41, 5.74) is 2.26. The predicted molar refractivity (Wildman–Crippen MR) is 96.5 cm³/mol. The third kappa shape index (κ3) is 2.83. The molecule has 0 amide bonds. The number of aromatic nitrogens is 4. The average Bonchev–Trinajstić information content (AvgIpc) is 2.98. The SMILES string of the molecule is Cc1cc(C)c(OC(=O)Cn2cnc3c2c(=O)n(C)c(=O)n3C)c(C)c1. The number of imidazole rings is 1. The van der Waals surface area contributed by atoms with Crippen LogP contribution in [0.15, 0.2) is 28.0 Å². The van der Waals surface area contributed by atoms with Gasteiger partial charge < -0.3 is 9.30 Å². The molecule has 0 radical (unpaired) electrons. The van der Waals surface area contributed by atoms with Gasteiger partial charge in [-0.3, -0.25) is 13.9 Å². The van der Waals surface area contributed by atoms with Gasteiger partial charge in [-0.25, -0.2) is 14.6 Å². The van der Waals surface area contributed by atoms with Gasteiger partial charge in [0.25, 0.3) is 5.56 Å². The summed E-state index contributed by atoms with van der Waals surface area (Å²) in [5, 5.41) is 0. The molecule has 0 N–H and O–H groups in total. The fourth-order valence-electron chi connectivity index (χ4n) is 3.13. The van der Waals surface area contributed by atoms with Gasteiger partial charge in [-0.1, -0.05) is 17.7 Å². The van der Waals surface area contributed by atoms with Gasteiger partial charge in [0, 0.05) is 14.1 Å². The Bertz CT molecular complexity index is 1130. The molecule has 0 bridgehead atoms. The summed E-state index contributed by atoms with van der Waals surface area (Å²) in [6.07, 6.45) is 1.36. The Morgan fingerprint density at radius 3 is 2.31 bits per heavy atom. The molecule has 0 saturated carbocycles. The highest BCUT2D eigenvalue weighted by Gasteiger charge is 2.17. The van der Waals surface area contributed by atoms with Crippen LogP contribution in [0.3, 0.4) is 0 Å². The number of rotatable bonds is 3. The summed E-state index contributed by atoms with van der Waals surface area (Å²) in [7, 11) is 2.91. The fourth-order valence-corrected chi connectivity index (χ4v) is 3.13. The molecule has 1 aromatic carbocycles. The van der Waals surface area contributed by atoms with Crippen LogP contribution in [0.5, 0.6) is 5.75 Å². The molecule has 0 aliphatic heterocycles. The van der Waals surface area contributed by atoms with E-state index in [0.29, 0.717) is 5.75 Å². The minimum atomic E-state index is -0.518. The summed E-state index contributed by atoms with van der Waals surface area (Å²) in [6.45, 7) is 5.54. The monoisotopic (exact) mass is 356 g/mol. The van der Waals surface area contributed by atoms with E-state index in [9.17, 15) is 14.4 Å². The maximum Gasteiger partial charge on any atom is 0.332 e. The summed E-state index contributed by atoms with van der Waals surface area (Å²) >= 11 is 0. The van der Waals surface area contributed by atoms with E-state index >= 15 is 0 Å². The molecule has 136 valence electrons. The minimum absolute atomic E-state index is 0.184. The highest BCUT2D eigenvalue weighted by molar-refractivity contribution is 5.77. The Morgan fingerprint density at radius 1 is 1.08 bits per heavy atom. The summed E-state index contributed by atoms with van der Waals surface area (Å²) in [4.78, 5) is 40.9. The summed E-state index contributed by atoms with van der Waals surface area (Å²) in [5.74, 6) is 0.000539. The number of hydrogen-bond donors (Lipinski definition) is 0. The number of fused-ring (bicyclic) bond motifs is 1. The van der Waals surface area contributed by atoms with Gasteiger partial charge in [0.05, 0.1) is 6.33 Å². The number of ether oxygens (including phenoxy) is 1. The number of aryl methyl sites for hydroxylation is 4. The van der Waals surface area contributed by atoms with Crippen LogP contribution >= 0.6 is 0 Å². The van der Waals surface area contributed by atoms with Gasteiger partial charge >= 0.3 is 11.7 Å². The molecule has 0 unspecified atom stereocenters. The van der Waals surface area contributed by atoms with E-state index in [2.05, 4.69) is 4.98 Å². The molecular weight excluding hydrogens is 336 g/mol. The van der Waals surface area contributed by atoms with Crippen LogP contribution in [0, 0.1) is 20.8 Å². The lowest BCUT2D eigenvalue weighted by atomic mass is 10.1. The molecule has 0 saturated heterocycles. The fraction of sp³-hybridized carbons (Fsp3) is 0.333. The first kappa shape index (κ1) is 17.7. The van der Waals surface area contributed by atoms with E-state index in [4.69, 9.17) is 4.74 Å². The molecular formula is C18H20N4O4. The quantitative estimate of drug-likeness (QED) is 0.515. The molecule has 8 nitrogen and oxygen atoms in total. The van der Waals surface area contributed by atoms with Crippen molar-refractivity contribution in [3.8, 4) is 5.75 Å². The Labute approximate surface area is 149 Å². The lowest BCUT2D eigenvalue weighted by Crippen LogP contribution is -2.37. The first-order chi connectivity index (χ1) is 12.2. The number of esters is 1. The van der Waals surface area contributed by atoms with E-state index in [1.54, 1.807) is 0 Å². The molecule has 0 aliphatic rings. The number of hydrogen-bond acceptors (Lipinski definition) is 5. The molecule has 8 heteroatoms. The third-order valence-electron chi connectivity index (χ3n) is 4.34. The maximum absolute atomic E-state index is 12.4. The molecule has 0 aliphatic carbocycles. The molecule has 0 fully saturated rings. The van der Waals surface area contributed by atoms with Crippen LogP contribution in [0.2, 0.25) is 0 Å². The molecule has 26 heavy (non-hydrogen) atoms. The van der Waals surface area contributed by atoms with Gasteiger partial charge in [0.15, 0.2) is 11.2 Å². The van der Waals surface area contributed by atoms with E-state index in [-0.39, 0.29) is 17.7 Å². The first-order valence-corrected chi connectivity index (χ1v) is 8.10. The number of carbonyl (C=O) groups is 1. The zero-order valence-corrected chi connectivity index (χ0v) is 15.4. The molecule has 2 heterocycles. The Hall–Kier alpha value is -3.16. The molecule has 0 atom stereocenters. The summed E-state index contributed by atoms with van der Waals surface area (Å²) < 4.78 is 9.17. The van der Waals surface area contributed by atoms with Crippen molar-refractivity contribution in [1.82, 2.24) is 18.7 Å². The zero-order valence-electron chi connectivity index (χ0n) is 15.4. The van der Waals surface area contributed by atoms with Gasteiger partial charge in [0.1, 0.15) is 12.3 Å². The Kier molecular flexibility index (Phi) is 4.27. The van der Waals surface area contributed by atoms with Crippen LogP contribution in [0.1, 0.15) is 16.7 Å². The Morgan fingerprint density at radius 2 is 1.69 bits per heavy atom. The van der Waals surface area contributed by atoms with Gasteiger partial charge in [-0.2, -0.15) is 0 Å². The number of nitrogens with zero attached hydrogens (tertiary/aromatic N) is 4. The van der Waals surface area contributed by atoms with Crippen LogP contribution < -0.4 is 16.0 Å². The molecule has 3 aromatic rings. The zero-order chi connectivity index (χ0) is 19.2. The number of benzene rings is 1. The van der Waals surface area contributed by atoms with Crippen LogP contribution in [-0.2, 0) is 25.4 Å². The minimum Gasteiger partial charge on any atom is -0.425 e. The second-order valence-corrected chi connectivity index (χ2v) is 6.45. The van der Waals surface area contributed by atoms with Gasteiger partial charge in [-0.05, 0) is 31.9 Å². The predicted octanol–water partition coefficient (Wildman–Crippen LogP) is 0.965. The largest absolute Gasteiger partial charge is 0.425 e. The second kappa shape index (κ2) is 6.29. The third-order valence-corrected chi connectivity index (χ3v) is 4.34. The van der Waals surface area contributed by atoms with Crippen LogP contribution in [-0.4, -0.2) is 24.7 Å². The van der Waals surface area contributed by atoms with Crippen molar-refractivity contribution >= 4 is 17.1 Å². The highest BCUT2D eigenvalue weighted by atomic mass is 16.5. The van der Waals surface area contributed by atoms with Crippen molar-refractivity contribution in [2.24, 2.45) is 14.1 Å². The van der Waals surface area contributed by atoms with Crippen molar-refractivity contribution in [2.75, 3.05) is 0 Å². The number of carbonyl (C=O) groups excluding carboxylic acids is 1. The average molecular weight is 356 g/mol. The van der Waals surface area contributed by atoms with Crippen molar-refractivity contribution in [1.29, 1.82) is 0 Å². The van der Waals surface area contributed by atoms with E-state index < -0.39 is 17.2 Å². The second-order valence-electron chi connectivity index (χ2n) is 6.45. The topological polar surface area (TPSA) is 88.1 Å². The standard InChI is InChI=1S/C18H20N4O4/c1-10-6-11(2)15(12(3)7-10)26-13(23)8-22-9-19-16-14(22)17(24)21(5)18(25)20(16)4/h6-7,9H,8H2,1-5H3. The van der Waals surface area contributed by atoms with Gasteiger partial charge in [0.2, 0.25) is 0 Å². The maximum atomic E-state index is 12.4. The van der Waals surface area contributed by atoms with Crippen molar-refractivity contribution < 1.29 is 9.53 Å². The van der Waals surface area contributed by atoms with E-state index in [1.807, 2.05) is 32.9 Å². The van der Waals surface area contributed by atoms with Crippen LogP contribution in [0.4, 0.5) is 0 Å². The molecule has 2 aromatic heterocycles. The van der Waals surface area contributed by atoms with Crippen molar-refractivity contribution in [3.63, 3.8) is 0 Å². The molecule has 3 rings (SSSR count). The Balaban J connectivity index is 1.97. The van der Waals surface area contributed by atoms with Gasteiger partial charge in [-0.15, -0.1) is 0 Å². The van der Waals surface area contributed by atoms with E-state index in [0.717, 1.165) is 21.3 Å². The lowest BCUT2D eigenvalue weighted by Gasteiger charge is -2.12. The molecule has 0 spiro atoms. The normalized spacial score (nSPS) is 11.1.